The molecule has 6 nitrogen and oxygen atoms in total. The zero-order chi connectivity index (χ0) is 19.5. The third kappa shape index (κ3) is 6.92. The topological polar surface area (TPSA) is 76.7 Å². The Hall–Kier alpha value is -1.67. The van der Waals surface area contributed by atoms with Crippen LogP contribution in [0.15, 0.2) is 0 Å². The van der Waals surface area contributed by atoms with Crippen LogP contribution in [0.3, 0.4) is 0 Å². The van der Waals surface area contributed by atoms with Crippen molar-refractivity contribution in [3.05, 3.63) is 16.0 Å². The van der Waals surface area contributed by atoms with Crippen molar-refractivity contribution in [2.45, 2.75) is 52.9 Å². The smallest absolute Gasteiger partial charge is 0.341 e. The molecule has 0 bridgehead atoms. The highest BCUT2D eigenvalue weighted by molar-refractivity contribution is 7.80. The maximum absolute atomic E-state index is 12.3. The van der Waals surface area contributed by atoms with Gasteiger partial charge in [0.05, 0.1) is 19.3 Å². The van der Waals surface area contributed by atoms with E-state index in [9.17, 15) is 9.59 Å². The summed E-state index contributed by atoms with van der Waals surface area (Å²) in [4.78, 5) is 24.4. The van der Waals surface area contributed by atoms with Crippen LogP contribution in [-0.4, -0.2) is 37.3 Å². The summed E-state index contributed by atoms with van der Waals surface area (Å²) in [7, 11) is 1.40. The van der Waals surface area contributed by atoms with Crippen molar-refractivity contribution >= 4 is 45.6 Å². The van der Waals surface area contributed by atoms with Gasteiger partial charge in [-0.1, -0.05) is 13.3 Å². The van der Waals surface area contributed by atoms with Crippen molar-refractivity contribution in [1.82, 2.24) is 5.32 Å². The molecular weight excluding hydrogens is 372 g/mol. The maximum atomic E-state index is 12.3. The molecule has 0 unspecified atom stereocenters. The van der Waals surface area contributed by atoms with Crippen LogP contribution in [0.4, 0.5) is 5.00 Å². The van der Waals surface area contributed by atoms with Crippen molar-refractivity contribution in [3.8, 4) is 0 Å². The van der Waals surface area contributed by atoms with Crippen LogP contribution in [0.25, 0.3) is 0 Å². The standard InChI is InChI=1S/C18H28N2O4S2/c1-5-13-12(3)26-16(15(13)17(22)24-6-2)20-18(25)19-11-9-7-8-10-14(21)23-4/h5-11H2,1-4H3,(H2,19,20,25). The monoisotopic (exact) mass is 400 g/mol. The van der Waals surface area contributed by atoms with E-state index in [-0.39, 0.29) is 11.9 Å². The number of hydrogen-bond acceptors (Lipinski definition) is 6. The number of thiocarbonyl (C=S) groups is 1. The Morgan fingerprint density at radius 1 is 1.19 bits per heavy atom. The molecule has 1 aromatic heterocycles. The number of nitrogens with one attached hydrogen (secondary N) is 2. The van der Waals surface area contributed by atoms with E-state index >= 15 is 0 Å². The average molecular weight is 401 g/mol. The fourth-order valence-electron chi connectivity index (χ4n) is 2.53. The van der Waals surface area contributed by atoms with Gasteiger partial charge in [0.1, 0.15) is 5.00 Å². The van der Waals surface area contributed by atoms with Crippen LogP contribution in [0.1, 0.15) is 60.3 Å². The lowest BCUT2D eigenvalue weighted by Gasteiger charge is -2.11. The van der Waals surface area contributed by atoms with Crippen molar-refractivity contribution < 1.29 is 19.1 Å². The van der Waals surface area contributed by atoms with Crippen LogP contribution < -0.4 is 10.6 Å². The average Bonchev–Trinajstić information content (AvgIpc) is 2.92. The summed E-state index contributed by atoms with van der Waals surface area (Å²) in [5.74, 6) is -0.497. The second-order valence-electron chi connectivity index (χ2n) is 5.68. The van der Waals surface area contributed by atoms with E-state index in [0.717, 1.165) is 41.1 Å². The van der Waals surface area contributed by atoms with Gasteiger partial charge in [-0.05, 0) is 50.9 Å². The Labute approximate surface area is 164 Å². The molecule has 0 saturated heterocycles. The third-order valence-corrected chi connectivity index (χ3v) is 5.15. The summed E-state index contributed by atoms with van der Waals surface area (Å²) < 4.78 is 9.79. The zero-order valence-corrected chi connectivity index (χ0v) is 17.5. The van der Waals surface area contributed by atoms with E-state index in [1.165, 1.54) is 18.4 Å². The predicted molar refractivity (Wildman–Crippen MR) is 109 cm³/mol. The van der Waals surface area contributed by atoms with Gasteiger partial charge < -0.3 is 20.1 Å². The van der Waals surface area contributed by atoms with Gasteiger partial charge in [0, 0.05) is 17.8 Å². The molecule has 0 aliphatic heterocycles. The van der Waals surface area contributed by atoms with Crippen LogP contribution in [-0.2, 0) is 20.7 Å². The molecular formula is C18H28N2O4S2. The SMILES string of the molecule is CCOC(=O)c1c(NC(=S)NCCCCCC(=O)OC)sc(C)c1CC. The summed E-state index contributed by atoms with van der Waals surface area (Å²) >= 11 is 6.84. The fourth-order valence-corrected chi connectivity index (χ4v) is 3.94. The first-order chi connectivity index (χ1) is 12.4. The van der Waals surface area contributed by atoms with E-state index in [2.05, 4.69) is 15.4 Å². The zero-order valence-electron chi connectivity index (χ0n) is 15.9. The van der Waals surface area contributed by atoms with Crippen LogP contribution >= 0.6 is 23.6 Å². The van der Waals surface area contributed by atoms with Crippen LogP contribution in [0, 0.1) is 6.92 Å². The number of thiophene rings is 1. The number of hydrogen-bond donors (Lipinski definition) is 2. The highest BCUT2D eigenvalue weighted by Gasteiger charge is 2.22. The van der Waals surface area contributed by atoms with Gasteiger partial charge in [-0.25, -0.2) is 4.79 Å². The van der Waals surface area contributed by atoms with E-state index in [1.54, 1.807) is 6.92 Å². The number of carbonyl (C=O) groups excluding carboxylic acids is 2. The number of unbranched alkanes of at least 4 members (excludes halogenated alkanes) is 2. The van der Waals surface area contributed by atoms with Gasteiger partial charge in [0.25, 0.3) is 0 Å². The number of rotatable bonds is 10. The van der Waals surface area contributed by atoms with Crippen molar-refractivity contribution in [3.63, 3.8) is 0 Å². The number of ether oxygens (including phenoxy) is 2. The molecule has 1 heterocycles. The normalized spacial score (nSPS) is 10.3. The Kier molecular flexibility index (Phi) is 10.2. The molecule has 8 heteroatoms. The van der Waals surface area contributed by atoms with Crippen molar-refractivity contribution in [2.24, 2.45) is 0 Å². The maximum Gasteiger partial charge on any atom is 0.341 e. The molecule has 0 radical (unpaired) electrons. The summed E-state index contributed by atoms with van der Waals surface area (Å²) in [6.07, 6.45) is 3.81. The highest BCUT2D eigenvalue weighted by atomic mass is 32.1. The molecule has 0 spiro atoms. The molecule has 0 aliphatic carbocycles. The minimum absolute atomic E-state index is 0.179. The lowest BCUT2D eigenvalue weighted by Crippen LogP contribution is -2.29. The first-order valence-corrected chi connectivity index (χ1v) is 10.1. The summed E-state index contributed by atoms with van der Waals surface area (Å²) in [5.41, 5.74) is 1.58. The molecule has 0 saturated carbocycles. The number of anilines is 1. The molecule has 0 fully saturated rings. The summed E-state index contributed by atoms with van der Waals surface area (Å²) in [6, 6.07) is 0. The van der Waals surface area contributed by atoms with E-state index in [4.69, 9.17) is 17.0 Å². The minimum Gasteiger partial charge on any atom is -0.469 e. The van der Waals surface area contributed by atoms with Gasteiger partial charge in [-0.15, -0.1) is 11.3 Å². The quantitative estimate of drug-likeness (QED) is 0.351. The molecule has 26 heavy (non-hydrogen) atoms. The first-order valence-electron chi connectivity index (χ1n) is 8.85. The Bertz CT molecular complexity index is 629. The lowest BCUT2D eigenvalue weighted by atomic mass is 10.1. The number of aryl methyl sites for hydroxylation is 1. The summed E-state index contributed by atoms with van der Waals surface area (Å²) in [5, 5.41) is 7.47. The predicted octanol–water partition coefficient (Wildman–Crippen LogP) is 3.82. The van der Waals surface area contributed by atoms with Gasteiger partial charge in [0.2, 0.25) is 0 Å². The Morgan fingerprint density at radius 3 is 2.54 bits per heavy atom. The largest absolute Gasteiger partial charge is 0.469 e. The Morgan fingerprint density at radius 2 is 1.92 bits per heavy atom. The van der Waals surface area contributed by atoms with Gasteiger partial charge in [0.15, 0.2) is 5.11 Å². The number of carbonyl (C=O) groups is 2. The second kappa shape index (κ2) is 11.9. The van der Waals surface area contributed by atoms with E-state index in [0.29, 0.717) is 30.2 Å². The fraction of sp³-hybridized carbons (Fsp3) is 0.611. The third-order valence-electron chi connectivity index (χ3n) is 3.84. The summed E-state index contributed by atoms with van der Waals surface area (Å²) in [6.45, 7) is 6.85. The molecule has 0 atom stereocenters. The molecule has 0 aliphatic rings. The highest BCUT2D eigenvalue weighted by Crippen LogP contribution is 2.34. The molecule has 1 rings (SSSR count). The number of esters is 2. The number of methoxy groups -OCH3 is 1. The van der Waals surface area contributed by atoms with Gasteiger partial charge in [-0.2, -0.15) is 0 Å². The van der Waals surface area contributed by atoms with Gasteiger partial charge in [-0.3, -0.25) is 4.79 Å². The molecule has 0 aromatic carbocycles. The van der Waals surface area contributed by atoms with Crippen LogP contribution in [0.5, 0.6) is 0 Å². The Balaban J connectivity index is 2.53. The minimum atomic E-state index is -0.318. The van der Waals surface area contributed by atoms with Crippen LogP contribution in [0.2, 0.25) is 0 Å². The van der Waals surface area contributed by atoms with Gasteiger partial charge >= 0.3 is 11.9 Å². The first kappa shape index (κ1) is 22.4. The lowest BCUT2D eigenvalue weighted by molar-refractivity contribution is -0.140. The molecule has 1 aromatic rings. The van der Waals surface area contributed by atoms with Crippen molar-refractivity contribution in [1.29, 1.82) is 0 Å². The van der Waals surface area contributed by atoms with E-state index < -0.39 is 0 Å². The van der Waals surface area contributed by atoms with Crippen molar-refractivity contribution in [2.75, 3.05) is 25.6 Å². The molecule has 146 valence electrons. The van der Waals surface area contributed by atoms with E-state index in [1.807, 2.05) is 13.8 Å². The second-order valence-corrected chi connectivity index (χ2v) is 7.32. The molecule has 2 N–H and O–H groups in total. The molecule has 0 amide bonds.